The summed E-state index contributed by atoms with van der Waals surface area (Å²) in [6, 6.07) is 24.9. The van der Waals surface area contributed by atoms with Gasteiger partial charge in [-0.1, -0.05) is 59.6 Å². The Balaban J connectivity index is 1.27. The summed E-state index contributed by atoms with van der Waals surface area (Å²) < 4.78 is 6.60. The first kappa shape index (κ1) is 30.9. The zero-order valence-electron chi connectivity index (χ0n) is 23.4. The number of amidine groups is 1. The predicted octanol–water partition coefficient (Wildman–Crippen LogP) is 9.57. The van der Waals surface area contributed by atoms with Crippen LogP contribution in [0.4, 0.5) is 11.4 Å². The van der Waals surface area contributed by atoms with Crippen LogP contribution in [-0.4, -0.2) is 32.4 Å². The lowest BCUT2D eigenvalue weighted by molar-refractivity contribution is -0.384. The molecular weight excluding hydrogens is 699 g/mol. The number of non-ortho nitro benzene ring substituents is 1. The van der Waals surface area contributed by atoms with Crippen molar-refractivity contribution < 1.29 is 14.5 Å². The van der Waals surface area contributed by atoms with Crippen LogP contribution in [0.2, 0.25) is 10.0 Å². The molecule has 1 aliphatic rings. The summed E-state index contributed by atoms with van der Waals surface area (Å²) in [4.78, 5) is 34.5. The molecule has 1 N–H and O–H groups in total. The summed E-state index contributed by atoms with van der Waals surface area (Å²) in [5, 5.41) is 13.7. The Morgan fingerprint density at radius 3 is 2.51 bits per heavy atom. The molecule has 1 saturated heterocycles. The van der Waals surface area contributed by atoms with Crippen LogP contribution in [-0.2, 0) is 17.8 Å². The largest absolute Gasteiger partial charge is 0.486 e. The molecule has 4 aromatic carbocycles. The summed E-state index contributed by atoms with van der Waals surface area (Å²) in [5.41, 5.74) is 4.10. The van der Waals surface area contributed by atoms with E-state index in [-0.39, 0.29) is 18.2 Å². The number of carbonyl (C=O) groups is 1. The average molecular weight is 722 g/mol. The van der Waals surface area contributed by atoms with Crippen molar-refractivity contribution in [2.24, 2.45) is 4.99 Å². The maximum Gasteiger partial charge on any atom is 0.269 e. The van der Waals surface area contributed by atoms with E-state index in [1.54, 1.807) is 35.2 Å². The molecule has 1 aromatic heterocycles. The second-order valence-electron chi connectivity index (χ2n) is 10.0. The molecular formula is C33H23BrCl2N4O4S. The first-order chi connectivity index (χ1) is 21.8. The second-order valence-corrected chi connectivity index (χ2v) is 12.7. The monoisotopic (exact) mass is 720 g/mol. The van der Waals surface area contributed by atoms with Crippen LogP contribution in [0.25, 0.3) is 17.0 Å². The van der Waals surface area contributed by atoms with Gasteiger partial charge in [0.05, 0.1) is 25.0 Å². The van der Waals surface area contributed by atoms with Crippen LogP contribution in [0, 0.1) is 10.1 Å². The smallest absolute Gasteiger partial charge is 0.269 e. The molecule has 0 unspecified atom stereocenters. The maximum atomic E-state index is 13.8. The Morgan fingerprint density at radius 2 is 1.76 bits per heavy atom. The van der Waals surface area contributed by atoms with Crippen LogP contribution in [0.1, 0.15) is 16.7 Å². The number of nitrogens with zero attached hydrogens (tertiary/aromatic N) is 3. The molecule has 45 heavy (non-hydrogen) atoms. The van der Waals surface area contributed by atoms with Gasteiger partial charge in [-0.3, -0.25) is 19.8 Å². The van der Waals surface area contributed by atoms with Crippen molar-refractivity contribution in [2.45, 2.75) is 13.0 Å². The highest BCUT2D eigenvalue weighted by Crippen LogP contribution is 2.39. The summed E-state index contributed by atoms with van der Waals surface area (Å²) in [5.74, 6) is 0.261. The Labute approximate surface area is 281 Å². The number of carbonyl (C=O) groups excluding carboxylic acids is 1. The number of nitro benzene ring substituents is 1. The number of H-pyrrole nitrogens is 1. The molecule has 1 aliphatic heterocycles. The molecule has 8 nitrogen and oxygen atoms in total. The van der Waals surface area contributed by atoms with E-state index in [0.29, 0.717) is 54.6 Å². The lowest BCUT2D eigenvalue weighted by Crippen LogP contribution is -2.31. The number of aliphatic imine (C=N–C) groups is 1. The third-order valence-electron chi connectivity index (χ3n) is 7.10. The summed E-state index contributed by atoms with van der Waals surface area (Å²) in [6.07, 6.45) is 4.31. The second kappa shape index (κ2) is 13.5. The van der Waals surface area contributed by atoms with Crippen molar-refractivity contribution in [1.29, 1.82) is 0 Å². The molecule has 12 heteroatoms. The van der Waals surface area contributed by atoms with Gasteiger partial charge in [0.15, 0.2) is 10.9 Å². The summed E-state index contributed by atoms with van der Waals surface area (Å²) in [7, 11) is 0. The minimum Gasteiger partial charge on any atom is -0.486 e. The van der Waals surface area contributed by atoms with Crippen LogP contribution < -0.4 is 4.74 Å². The van der Waals surface area contributed by atoms with Gasteiger partial charge in [-0.25, -0.2) is 4.99 Å². The molecule has 226 valence electrons. The number of hydrogen-bond donors (Lipinski definition) is 1. The van der Waals surface area contributed by atoms with E-state index < -0.39 is 4.92 Å². The zero-order chi connectivity index (χ0) is 31.5. The zero-order valence-corrected chi connectivity index (χ0v) is 27.3. The Bertz CT molecular complexity index is 1970. The summed E-state index contributed by atoms with van der Waals surface area (Å²) >= 11 is 17.7. The van der Waals surface area contributed by atoms with Gasteiger partial charge in [0.2, 0.25) is 0 Å². The first-order valence-corrected chi connectivity index (χ1v) is 16.1. The van der Waals surface area contributed by atoms with Gasteiger partial charge in [0, 0.05) is 46.4 Å². The molecule has 0 atom stereocenters. The highest BCUT2D eigenvalue weighted by atomic mass is 79.9. The number of halogens is 3. The van der Waals surface area contributed by atoms with Crippen LogP contribution in [0.5, 0.6) is 5.75 Å². The molecule has 0 spiro atoms. The van der Waals surface area contributed by atoms with E-state index in [2.05, 4.69) is 20.9 Å². The Kier molecular flexibility index (Phi) is 9.27. The number of para-hydroxylation sites is 1. The topological polar surface area (TPSA) is 101 Å². The number of rotatable bonds is 9. The number of aromatic amines is 1. The van der Waals surface area contributed by atoms with E-state index in [9.17, 15) is 14.9 Å². The molecule has 0 radical (unpaired) electrons. The number of aromatic nitrogens is 1. The average Bonchev–Trinajstić information content (AvgIpc) is 3.56. The normalized spacial score (nSPS) is 15.0. The van der Waals surface area contributed by atoms with Crippen molar-refractivity contribution in [3.8, 4) is 5.75 Å². The number of ether oxygens (including phenoxy) is 1. The highest BCUT2D eigenvalue weighted by Gasteiger charge is 2.33. The maximum absolute atomic E-state index is 13.8. The van der Waals surface area contributed by atoms with E-state index in [0.717, 1.165) is 22.0 Å². The van der Waals surface area contributed by atoms with Crippen molar-refractivity contribution in [3.63, 3.8) is 0 Å². The van der Waals surface area contributed by atoms with Gasteiger partial charge in [-0.15, -0.1) is 0 Å². The lowest BCUT2D eigenvalue weighted by Gasteiger charge is -2.15. The van der Waals surface area contributed by atoms with Crippen LogP contribution in [0.15, 0.2) is 105 Å². The van der Waals surface area contributed by atoms with Crippen LogP contribution in [0.3, 0.4) is 0 Å². The minimum atomic E-state index is -0.463. The number of nitro groups is 1. The molecule has 0 aliphatic carbocycles. The van der Waals surface area contributed by atoms with Gasteiger partial charge in [-0.2, -0.15) is 0 Å². The van der Waals surface area contributed by atoms with Gasteiger partial charge < -0.3 is 9.72 Å². The van der Waals surface area contributed by atoms with Crippen molar-refractivity contribution in [1.82, 2.24) is 9.88 Å². The minimum absolute atomic E-state index is 0.0346. The van der Waals surface area contributed by atoms with E-state index >= 15 is 0 Å². The number of nitrogens with one attached hydrogen (secondary N) is 1. The SMILES string of the molecule is O=C1/C(=C/c2cc(Cl)c(OCc3ccccc3Cl)c(Br)c2)SC(=Nc2ccc([N+](=O)[O-])cc2)N1CCc1c[nH]c2ccccc12. The first-order valence-electron chi connectivity index (χ1n) is 13.7. The number of hydrogen-bond acceptors (Lipinski definition) is 6. The Hall–Kier alpha value is -4.09. The fraction of sp³-hybridized carbons (Fsp3) is 0.0909. The number of thioether (sulfide) groups is 1. The van der Waals surface area contributed by atoms with Gasteiger partial charge >= 0.3 is 0 Å². The van der Waals surface area contributed by atoms with E-state index in [1.807, 2.05) is 54.7 Å². The fourth-order valence-corrected chi connectivity index (χ4v) is 7.04. The third kappa shape index (κ3) is 6.94. The molecule has 5 aromatic rings. The fourth-order valence-electron chi connectivity index (χ4n) is 4.84. The van der Waals surface area contributed by atoms with Gasteiger partial charge in [0.25, 0.3) is 11.6 Å². The number of fused-ring (bicyclic) bond motifs is 1. The lowest BCUT2D eigenvalue weighted by atomic mass is 10.1. The van der Waals surface area contributed by atoms with Crippen molar-refractivity contribution in [2.75, 3.05) is 6.54 Å². The molecule has 6 rings (SSSR count). The standard InChI is InChI=1S/C33H23BrCl2N4O4S/c34-26-15-20(16-28(36)31(26)44-19-22-5-1-3-7-27(22)35)17-30-32(41)39(14-13-21-18-37-29-8-4-2-6-25(21)29)33(45-30)38-23-9-11-24(12-10-23)40(42)43/h1-12,15-18,37H,13-14,19H2/b30-17-,38-33?. The van der Waals surface area contributed by atoms with Crippen LogP contribution >= 0.6 is 50.9 Å². The van der Waals surface area contributed by atoms with Gasteiger partial charge in [0.1, 0.15) is 6.61 Å². The quantitative estimate of drug-likeness (QED) is 0.0928. The molecule has 2 heterocycles. The summed E-state index contributed by atoms with van der Waals surface area (Å²) in [6.45, 7) is 0.622. The predicted molar refractivity (Wildman–Crippen MR) is 184 cm³/mol. The molecule has 0 saturated carbocycles. The number of amides is 1. The van der Waals surface area contributed by atoms with Gasteiger partial charge in [-0.05, 0) is 87.7 Å². The van der Waals surface area contributed by atoms with E-state index in [1.165, 1.54) is 23.9 Å². The van der Waals surface area contributed by atoms with Crippen molar-refractivity contribution in [3.05, 3.63) is 137 Å². The third-order valence-corrected chi connectivity index (χ3v) is 9.35. The molecule has 0 bridgehead atoms. The number of benzene rings is 4. The Morgan fingerprint density at radius 1 is 1.00 bits per heavy atom. The highest BCUT2D eigenvalue weighted by molar-refractivity contribution is 9.10. The van der Waals surface area contributed by atoms with E-state index in [4.69, 9.17) is 32.9 Å². The molecule has 1 fully saturated rings. The van der Waals surface area contributed by atoms with Crippen molar-refractivity contribution >= 4 is 90.3 Å². The molecule has 1 amide bonds.